The molecular weight excluding hydrogens is 262 g/mol. The second kappa shape index (κ2) is 4.89. The van der Waals surface area contributed by atoms with Crippen molar-refractivity contribution in [2.24, 2.45) is 0 Å². The van der Waals surface area contributed by atoms with Crippen molar-refractivity contribution in [2.45, 2.75) is 43.1 Å². The number of piperidine rings is 1. The number of fused-ring (bicyclic) bond motifs is 1. The minimum atomic E-state index is -3.44. The molecule has 19 heavy (non-hydrogen) atoms. The molecule has 1 unspecified atom stereocenters. The van der Waals surface area contributed by atoms with E-state index in [-0.39, 0.29) is 6.54 Å². The molecule has 0 aromatic heterocycles. The Morgan fingerprint density at radius 3 is 2.74 bits per heavy atom. The van der Waals surface area contributed by atoms with E-state index in [1.165, 1.54) is 15.4 Å². The van der Waals surface area contributed by atoms with Crippen LogP contribution in [0.3, 0.4) is 0 Å². The number of benzene rings is 1. The highest BCUT2D eigenvalue weighted by Crippen LogP contribution is 2.27. The lowest BCUT2D eigenvalue weighted by molar-refractivity contribution is 0.108. The van der Waals surface area contributed by atoms with Gasteiger partial charge in [0.1, 0.15) is 0 Å². The van der Waals surface area contributed by atoms with Gasteiger partial charge in [-0.1, -0.05) is 6.07 Å². The Kier molecular flexibility index (Phi) is 3.37. The molecule has 0 spiro atoms. The van der Waals surface area contributed by atoms with Gasteiger partial charge in [-0.2, -0.15) is 4.31 Å². The first kappa shape index (κ1) is 13.1. The fourth-order valence-corrected chi connectivity index (χ4v) is 4.56. The number of aliphatic hydroxyl groups is 1. The van der Waals surface area contributed by atoms with E-state index in [1.54, 1.807) is 6.07 Å². The van der Waals surface area contributed by atoms with E-state index < -0.39 is 16.1 Å². The van der Waals surface area contributed by atoms with Gasteiger partial charge in [-0.25, -0.2) is 8.42 Å². The number of aliphatic hydroxyl groups excluding tert-OH is 1. The van der Waals surface area contributed by atoms with Gasteiger partial charge in [-0.05, 0) is 55.4 Å². The van der Waals surface area contributed by atoms with Crippen LogP contribution in [0, 0.1) is 0 Å². The smallest absolute Gasteiger partial charge is 0.243 e. The summed E-state index contributed by atoms with van der Waals surface area (Å²) in [6.07, 6.45) is 4.03. The summed E-state index contributed by atoms with van der Waals surface area (Å²) in [6.45, 7) is 0.732. The molecule has 1 aromatic carbocycles. The summed E-state index contributed by atoms with van der Waals surface area (Å²) in [5.41, 5.74) is 2.44. The standard InChI is InChI=1S/C14H19NO3S/c16-13-5-2-8-15(10-13)19(17,18)14-7-6-11-3-1-4-12(11)9-14/h6-7,9,13,16H,1-5,8,10H2. The van der Waals surface area contributed by atoms with Gasteiger partial charge >= 0.3 is 0 Å². The number of rotatable bonds is 2. The quantitative estimate of drug-likeness (QED) is 0.889. The normalized spacial score (nSPS) is 24.4. The zero-order valence-corrected chi connectivity index (χ0v) is 11.7. The van der Waals surface area contributed by atoms with Gasteiger partial charge in [0.05, 0.1) is 11.0 Å². The monoisotopic (exact) mass is 281 g/mol. The Bertz CT molecular complexity index is 582. The van der Waals surface area contributed by atoms with Crippen molar-refractivity contribution >= 4 is 10.0 Å². The molecule has 104 valence electrons. The molecule has 0 saturated carbocycles. The summed E-state index contributed by atoms with van der Waals surface area (Å²) in [7, 11) is -3.44. The number of hydrogen-bond acceptors (Lipinski definition) is 3. The first-order chi connectivity index (χ1) is 9.07. The summed E-state index contributed by atoms with van der Waals surface area (Å²) in [6, 6.07) is 5.47. The van der Waals surface area contributed by atoms with E-state index in [2.05, 4.69) is 0 Å². The van der Waals surface area contributed by atoms with E-state index in [4.69, 9.17) is 0 Å². The van der Waals surface area contributed by atoms with Crippen LogP contribution < -0.4 is 0 Å². The Balaban J connectivity index is 1.91. The van der Waals surface area contributed by atoms with Crippen molar-refractivity contribution in [3.8, 4) is 0 Å². The molecule has 4 nitrogen and oxygen atoms in total. The third kappa shape index (κ3) is 2.42. The lowest BCUT2D eigenvalue weighted by Crippen LogP contribution is -2.42. The summed E-state index contributed by atoms with van der Waals surface area (Å²) in [4.78, 5) is 0.377. The Labute approximate surface area is 114 Å². The van der Waals surface area contributed by atoms with Crippen LogP contribution in [-0.2, 0) is 22.9 Å². The number of aryl methyl sites for hydroxylation is 2. The van der Waals surface area contributed by atoms with Crippen LogP contribution in [0.25, 0.3) is 0 Å². The fourth-order valence-electron chi connectivity index (χ4n) is 3.00. The van der Waals surface area contributed by atoms with E-state index >= 15 is 0 Å². The van der Waals surface area contributed by atoms with Gasteiger partial charge in [-0.15, -0.1) is 0 Å². The number of β-amino-alcohol motifs (C(OH)–C–C–N with tert-alkyl or cyclic N) is 1. The van der Waals surface area contributed by atoms with Crippen LogP contribution in [0.5, 0.6) is 0 Å². The van der Waals surface area contributed by atoms with Crippen molar-refractivity contribution in [3.05, 3.63) is 29.3 Å². The molecule has 1 N–H and O–H groups in total. The number of sulfonamides is 1. The molecule has 3 rings (SSSR count). The largest absolute Gasteiger partial charge is 0.392 e. The second-order valence-electron chi connectivity index (χ2n) is 5.44. The third-order valence-electron chi connectivity index (χ3n) is 4.07. The average molecular weight is 281 g/mol. The third-order valence-corrected chi connectivity index (χ3v) is 5.93. The first-order valence-electron chi connectivity index (χ1n) is 6.87. The molecule has 1 aliphatic heterocycles. The molecule has 5 heteroatoms. The van der Waals surface area contributed by atoms with Crippen molar-refractivity contribution < 1.29 is 13.5 Å². The predicted molar refractivity (Wildman–Crippen MR) is 72.5 cm³/mol. The topological polar surface area (TPSA) is 57.6 Å². The fraction of sp³-hybridized carbons (Fsp3) is 0.571. The van der Waals surface area contributed by atoms with E-state index in [1.807, 2.05) is 12.1 Å². The van der Waals surface area contributed by atoms with Gasteiger partial charge in [0.25, 0.3) is 0 Å². The first-order valence-corrected chi connectivity index (χ1v) is 8.31. The average Bonchev–Trinajstić information content (AvgIpc) is 2.85. The van der Waals surface area contributed by atoms with Gasteiger partial charge in [0.2, 0.25) is 10.0 Å². The van der Waals surface area contributed by atoms with Crippen molar-refractivity contribution in [3.63, 3.8) is 0 Å². The number of nitrogens with zero attached hydrogens (tertiary/aromatic N) is 1. The SMILES string of the molecule is O=S(=O)(c1ccc2c(c1)CCC2)N1CCCC(O)C1. The van der Waals surface area contributed by atoms with Gasteiger partial charge in [0, 0.05) is 13.1 Å². The van der Waals surface area contributed by atoms with Gasteiger partial charge in [-0.3, -0.25) is 0 Å². The summed E-state index contributed by atoms with van der Waals surface area (Å²) >= 11 is 0. The highest BCUT2D eigenvalue weighted by Gasteiger charge is 2.30. The minimum absolute atomic E-state index is 0.222. The summed E-state index contributed by atoms with van der Waals surface area (Å²) in [5.74, 6) is 0. The van der Waals surface area contributed by atoms with Crippen LogP contribution in [-0.4, -0.2) is 37.0 Å². The molecule has 1 atom stereocenters. The molecule has 1 aromatic rings. The molecule has 0 amide bonds. The van der Waals surface area contributed by atoms with Crippen LogP contribution in [0.15, 0.2) is 23.1 Å². The zero-order valence-electron chi connectivity index (χ0n) is 10.9. The van der Waals surface area contributed by atoms with E-state index in [0.717, 1.165) is 25.7 Å². The molecular formula is C14H19NO3S. The van der Waals surface area contributed by atoms with Crippen molar-refractivity contribution in [1.82, 2.24) is 4.31 Å². The van der Waals surface area contributed by atoms with E-state index in [0.29, 0.717) is 17.9 Å². The Hall–Kier alpha value is -0.910. The lowest BCUT2D eigenvalue weighted by Gasteiger charge is -2.29. The molecule has 1 heterocycles. The molecule has 1 fully saturated rings. The second-order valence-corrected chi connectivity index (χ2v) is 7.38. The van der Waals surface area contributed by atoms with Crippen LogP contribution in [0.1, 0.15) is 30.4 Å². The van der Waals surface area contributed by atoms with Crippen LogP contribution in [0.4, 0.5) is 0 Å². The Morgan fingerprint density at radius 1 is 1.16 bits per heavy atom. The Morgan fingerprint density at radius 2 is 1.95 bits per heavy atom. The maximum absolute atomic E-state index is 12.5. The summed E-state index contributed by atoms with van der Waals surface area (Å²) in [5, 5.41) is 9.64. The van der Waals surface area contributed by atoms with Crippen molar-refractivity contribution in [1.29, 1.82) is 0 Å². The molecule has 1 saturated heterocycles. The van der Waals surface area contributed by atoms with Crippen molar-refractivity contribution in [2.75, 3.05) is 13.1 Å². The zero-order chi connectivity index (χ0) is 13.5. The maximum Gasteiger partial charge on any atom is 0.243 e. The predicted octanol–water partition coefficient (Wildman–Crippen LogP) is 1.32. The minimum Gasteiger partial charge on any atom is -0.392 e. The highest BCUT2D eigenvalue weighted by atomic mass is 32.2. The molecule has 0 radical (unpaired) electrons. The molecule has 1 aliphatic carbocycles. The molecule has 2 aliphatic rings. The number of hydrogen-bond donors (Lipinski definition) is 1. The van der Waals surface area contributed by atoms with Gasteiger partial charge < -0.3 is 5.11 Å². The summed E-state index contributed by atoms with van der Waals surface area (Å²) < 4.78 is 26.5. The highest BCUT2D eigenvalue weighted by molar-refractivity contribution is 7.89. The van der Waals surface area contributed by atoms with Gasteiger partial charge in [0.15, 0.2) is 0 Å². The van der Waals surface area contributed by atoms with Crippen LogP contribution in [0.2, 0.25) is 0 Å². The molecule has 0 bridgehead atoms. The van der Waals surface area contributed by atoms with Crippen LogP contribution >= 0.6 is 0 Å². The maximum atomic E-state index is 12.5. The lowest BCUT2D eigenvalue weighted by atomic mass is 10.1. The van der Waals surface area contributed by atoms with E-state index in [9.17, 15) is 13.5 Å².